The summed E-state index contributed by atoms with van der Waals surface area (Å²) in [4.78, 5) is 2.40. The molecule has 4 heteroatoms. The van der Waals surface area contributed by atoms with E-state index < -0.39 is 0 Å². The summed E-state index contributed by atoms with van der Waals surface area (Å²) in [7, 11) is 1.79. The van der Waals surface area contributed by atoms with Crippen LogP contribution in [0.5, 0.6) is 0 Å². The van der Waals surface area contributed by atoms with E-state index in [-0.39, 0.29) is 11.7 Å². The number of hydrogen-bond donors (Lipinski definition) is 1. The second-order valence-electron chi connectivity index (χ2n) is 5.89. The molecule has 112 valence electrons. The molecule has 1 aromatic rings. The van der Waals surface area contributed by atoms with Crippen molar-refractivity contribution >= 4 is 15.9 Å². The summed E-state index contributed by atoms with van der Waals surface area (Å²) in [5.41, 5.74) is 0.959. The fourth-order valence-corrected chi connectivity index (χ4v) is 3.09. The van der Waals surface area contributed by atoms with Crippen LogP contribution in [0.1, 0.15) is 37.9 Å². The van der Waals surface area contributed by atoms with Gasteiger partial charge in [-0.05, 0) is 50.4 Å². The van der Waals surface area contributed by atoms with E-state index in [4.69, 9.17) is 4.74 Å². The van der Waals surface area contributed by atoms with Crippen LogP contribution in [0.3, 0.4) is 0 Å². The number of rotatable bonds is 5. The number of benzene rings is 1. The molecule has 0 bridgehead atoms. The molecule has 1 saturated heterocycles. The van der Waals surface area contributed by atoms with Gasteiger partial charge in [0, 0.05) is 24.7 Å². The molecular weight excluding hydrogens is 318 g/mol. The second kappa shape index (κ2) is 7.03. The van der Waals surface area contributed by atoms with Gasteiger partial charge in [-0.15, -0.1) is 0 Å². The number of methoxy groups -OCH3 is 1. The Balaban J connectivity index is 1.84. The minimum absolute atomic E-state index is 0.0270. The van der Waals surface area contributed by atoms with Gasteiger partial charge in [-0.25, -0.2) is 0 Å². The average molecular weight is 342 g/mol. The highest BCUT2D eigenvalue weighted by Crippen LogP contribution is 2.25. The molecule has 20 heavy (non-hydrogen) atoms. The summed E-state index contributed by atoms with van der Waals surface area (Å²) in [6, 6.07) is 7.90. The minimum Gasteiger partial charge on any atom is -0.388 e. The Labute approximate surface area is 130 Å². The van der Waals surface area contributed by atoms with Crippen LogP contribution >= 0.6 is 15.9 Å². The Bertz CT molecular complexity index is 423. The van der Waals surface area contributed by atoms with E-state index >= 15 is 0 Å². The lowest BCUT2D eigenvalue weighted by atomic mass is 9.94. The monoisotopic (exact) mass is 341 g/mol. The zero-order valence-corrected chi connectivity index (χ0v) is 13.9. The van der Waals surface area contributed by atoms with E-state index in [2.05, 4.69) is 27.8 Å². The quantitative estimate of drug-likeness (QED) is 0.891. The lowest BCUT2D eigenvalue weighted by Crippen LogP contribution is -2.47. The van der Waals surface area contributed by atoms with Gasteiger partial charge in [0.25, 0.3) is 0 Å². The molecule has 1 heterocycles. The third-order valence-electron chi connectivity index (χ3n) is 4.20. The molecule has 0 aromatic heterocycles. The summed E-state index contributed by atoms with van der Waals surface area (Å²) in [6.45, 7) is 5.14. The first-order valence-corrected chi connectivity index (χ1v) is 8.03. The number of piperidine rings is 1. The summed E-state index contributed by atoms with van der Waals surface area (Å²) >= 11 is 3.41. The van der Waals surface area contributed by atoms with Crippen LogP contribution < -0.4 is 0 Å². The highest BCUT2D eigenvalue weighted by Gasteiger charge is 2.30. The Morgan fingerprint density at radius 3 is 2.75 bits per heavy atom. The van der Waals surface area contributed by atoms with E-state index in [1.165, 1.54) is 6.42 Å². The molecule has 0 saturated carbocycles. The smallest absolute Gasteiger partial charge is 0.0802 e. The number of aliphatic hydroxyl groups excluding tert-OH is 1. The second-order valence-corrected chi connectivity index (χ2v) is 6.81. The van der Waals surface area contributed by atoms with Gasteiger partial charge in [-0.2, -0.15) is 0 Å². The molecule has 1 aliphatic rings. The van der Waals surface area contributed by atoms with Crippen molar-refractivity contribution in [3.05, 3.63) is 34.3 Å². The molecule has 2 atom stereocenters. The number of aliphatic hydroxyl groups is 1. The zero-order valence-electron chi connectivity index (χ0n) is 12.3. The Morgan fingerprint density at radius 1 is 1.40 bits per heavy atom. The first-order valence-electron chi connectivity index (χ1n) is 7.23. The van der Waals surface area contributed by atoms with E-state index in [9.17, 15) is 5.11 Å². The predicted molar refractivity (Wildman–Crippen MR) is 84.8 cm³/mol. The molecule has 0 aliphatic carbocycles. The number of ether oxygens (including phenoxy) is 1. The molecule has 0 amide bonds. The van der Waals surface area contributed by atoms with Crippen LogP contribution in [0.15, 0.2) is 28.7 Å². The summed E-state index contributed by atoms with van der Waals surface area (Å²) in [5, 5.41) is 10.3. The molecule has 3 nitrogen and oxygen atoms in total. The molecule has 1 fully saturated rings. The molecule has 1 aliphatic heterocycles. The lowest BCUT2D eigenvalue weighted by molar-refractivity contribution is -0.0528. The third-order valence-corrected chi connectivity index (χ3v) is 4.73. The summed E-state index contributed by atoms with van der Waals surface area (Å²) in [5.74, 6) is 0. The summed E-state index contributed by atoms with van der Waals surface area (Å²) < 4.78 is 6.65. The van der Waals surface area contributed by atoms with Gasteiger partial charge in [0.2, 0.25) is 0 Å². The molecular formula is C16H24BrNO2. The van der Waals surface area contributed by atoms with Gasteiger partial charge in [-0.1, -0.05) is 28.1 Å². The van der Waals surface area contributed by atoms with Crippen LogP contribution in [-0.4, -0.2) is 42.4 Å². The topological polar surface area (TPSA) is 32.7 Å². The normalized spacial score (nSPS) is 25.6. The molecule has 2 unspecified atom stereocenters. The molecule has 1 N–H and O–H groups in total. The maximum absolute atomic E-state index is 10.3. The number of likely N-dealkylation sites (tertiary alicyclic amines) is 1. The third kappa shape index (κ3) is 4.29. The van der Waals surface area contributed by atoms with Gasteiger partial charge in [0.1, 0.15) is 0 Å². The molecule has 0 spiro atoms. The van der Waals surface area contributed by atoms with E-state index in [0.29, 0.717) is 0 Å². The van der Waals surface area contributed by atoms with Crippen molar-refractivity contribution in [1.29, 1.82) is 0 Å². The van der Waals surface area contributed by atoms with Crippen molar-refractivity contribution in [1.82, 2.24) is 4.90 Å². The number of hydrogen-bond acceptors (Lipinski definition) is 3. The van der Waals surface area contributed by atoms with Crippen molar-refractivity contribution in [2.75, 3.05) is 26.7 Å². The summed E-state index contributed by atoms with van der Waals surface area (Å²) in [6.07, 6.45) is 2.66. The fourth-order valence-electron chi connectivity index (χ4n) is 2.82. The van der Waals surface area contributed by atoms with Crippen LogP contribution in [0.25, 0.3) is 0 Å². The Kier molecular flexibility index (Phi) is 5.61. The molecule has 0 radical (unpaired) electrons. The Morgan fingerprint density at radius 2 is 2.10 bits per heavy atom. The van der Waals surface area contributed by atoms with Crippen LogP contribution in [0, 0.1) is 0 Å². The van der Waals surface area contributed by atoms with Crippen molar-refractivity contribution in [3.8, 4) is 0 Å². The van der Waals surface area contributed by atoms with E-state index in [1.54, 1.807) is 7.11 Å². The van der Waals surface area contributed by atoms with Crippen LogP contribution in [0.4, 0.5) is 0 Å². The largest absolute Gasteiger partial charge is 0.388 e. The maximum atomic E-state index is 10.3. The lowest BCUT2D eigenvalue weighted by Gasteiger charge is -2.39. The zero-order chi connectivity index (χ0) is 14.6. The van der Waals surface area contributed by atoms with Crippen molar-refractivity contribution in [2.24, 2.45) is 0 Å². The SMILES string of the molecule is COC1(C)CCCN(CCC(O)c2ccc(Br)cc2)C1. The van der Waals surface area contributed by atoms with Crippen molar-refractivity contribution in [2.45, 2.75) is 37.9 Å². The highest BCUT2D eigenvalue weighted by atomic mass is 79.9. The minimum atomic E-state index is -0.390. The van der Waals surface area contributed by atoms with Gasteiger partial charge in [0.15, 0.2) is 0 Å². The predicted octanol–water partition coefficient (Wildman–Crippen LogP) is 3.37. The highest BCUT2D eigenvalue weighted by molar-refractivity contribution is 9.10. The van der Waals surface area contributed by atoms with Gasteiger partial charge in [-0.3, -0.25) is 0 Å². The van der Waals surface area contributed by atoms with Crippen molar-refractivity contribution in [3.63, 3.8) is 0 Å². The van der Waals surface area contributed by atoms with E-state index in [1.807, 2.05) is 24.3 Å². The van der Waals surface area contributed by atoms with Crippen LogP contribution in [0.2, 0.25) is 0 Å². The Hall–Kier alpha value is -0.420. The van der Waals surface area contributed by atoms with Gasteiger partial charge < -0.3 is 14.7 Å². The first kappa shape index (κ1) is 16.0. The standard InChI is InChI=1S/C16H24BrNO2/c1-16(20-2)9-3-10-18(12-16)11-8-15(19)13-4-6-14(17)7-5-13/h4-7,15,19H,3,8-12H2,1-2H3. The average Bonchev–Trinajstić information content (AvgIpc) is 2.46. The van der Waals surface area contributed by atoms with Crippen LogP contribution in [-0.2, 0) is 4.74 Å². The fraction of sp³-hybridized carbons (Fsp3) is 0.625. The van der Waals surface area contributed by atoms with Crippen molar-refractivity contribution < 1.29 is 9.84 Å². The van der Waals surface area contributed by atoms with E-state index in [0.717, 1.165) is 42.5 Å². The molecule has 2 rings (SSSR count). The number of halogens is 1. The first-order chi connectivity index (χ1) is 9.52. The maximum Gasteiger partial charge on any atom is 0.0802 e. The van der Waals surface area contributed by atoms with Gasteiger partial charge >= 0.3 is 0 Å². The number of nitrogens with zero attached hydrogens (tertiary/aromatic N) is 1. The van der Waals surface area contributed by atoms with Gasteiger partial charge in [0.05, 0.1) is 11.7 Å². The molecule has 1 aromatic carbocycles.